The van der Waals surface area contributed by atoms with Gasteiger partial charge in [0.25, 0.3) is 5.56 Å². The molecular weight excluding hydrogens is 374 g/mol. The number of nitrogens with zero attached hydrogens (tertiary/aromatic N) is 1. The molecule has 0 aliphatic heterocycles. The van der Waals surface area contributed by atoms with Crippen molar-refractivity contribution in [1.29, 1.82) is 0 Å². The zero-order valence-electron chi connectivity index (χ0n) is 17.3. The molecule has 0 fully saturated rings. The molecule has 1 aliphatic rings. The summed E-state index contributed by atoms with van der Waals surface area (Å²) in [7, 11) is 2.49. The Kier molecular flexibility index (Phi) is 5.50. The molecule has 0 radical (unpaired) electrons. The number of methoxy groups -OCH3 is 2. The summed E-state index contributed by atoms with van der Waals surface area (Å²) in [5.74, 6) is -0.731. The van der Waals surface area contributed by atoms with E-state index in [0.717, 1.165) is 5.56 Å². The summed E-state index contributed by atoms with van der Waals surface area (Å²) in [5.41, 5.74) is 1.57. The molecule has 1 aromatic carbocycles. The van der Waals surface area contributed by atoms with Crippen LogP contribution in [0.4, 0.5) is 0 Å². The molecule has 7 heteroatoms. The van der Waals surface area contributed by atoms with Crippen LogP contribution in [-0.2, 0) is 31.9 Å². The molecule has 0 saturated heterocycles. The van der Waals surface area contributed by atoms with Gasteiger partial charge in [-0.3, -0.25) is 19.0 Å². The number of pyridine rings is 1. The van der Waals surface area contributed by atoms with E-state index in [1.54, 1.807) is 17.6 Å². The van der Waals surface area contributed by atoms with Crippen LogP contribution in [0, 0.1) is 19.3 Å². The van der Waals surface area contributed by atoms with Crippen molar-refractivity contribution in [3.8, 4) is 11.4 Å². The molecule has 0 unspecified atom stereocenters. The minimum Gasteiger partial charge on any atom is -0.492 e. The summed E-state index contributed by atoms with van der Waals surface area (Å²) in [6, 6.07) is 7.29. The number of hydrogen-bond donors (Lipinski definition) is 0. The van der Waals surface area contributed by atoms with E-state index in [4.69, 9.17) is 14.2 Å². The average molecular weight is 399 g/mol. The highest BCUT2D eigenvalue weighted by Gasteiger charge is 2.54. The van der Waals surface area contributed by atoms with Gasteiger partial charge in [0.1, 0.15) is 5.75 Å². The van der Waals surface area contributed by atoms with Crippen molar-refractivity contribution in [2.75, 3.05) is 20.8 Å². The fraction of sp³-hybridized carbons (Fsp3) is 0.409. The topological polar surface area (TPSA) is 83.8 Å². The van der Waals surface area contributed by atoms with Crippen molar-refractivity contribution in [2.24, 2.45) is 5.41 Å². The van der Waals surface area contributed by atoms with Crippen LogP contribution in [0.2, 0.25) is 0 Å². The standard InChI is InChI=1S/C22H25NO6/c1-6-29-18-10-8-7-9-17(18)23-14(3)16-12-22(20(25)27-4,21(26)28-5)11-15(16)13(2)19(23)24/h7-10H,6,11-12H2,1-5H3. The number of carbonyl (C=O) groups excluding carboxylic acids is 2. The van der Waals surface area contributed by atoms with Crippen molar-refractivity contribution >= 4 is 11.9 Å². The van der Waals surface area contributed by atoms with Crippen LogP contribution in [0.5, 0.6) is 5.75 Å². The largest absolute Gasteiger partial charge is 0.492 e. The van der Waals surface area contributed by atoms with E-state index in [1.165, 1.54) is 14.2 Å². The van der Waals surface area contributed by atoms with Crippen LogP contribution < -0.4 is 10.3 Å². The minimum atomic E-state index is -1.48. The molecule has 1 aromatic heterocycles. The van der Waals surface area contributed by atoms with Crippen molar-refractivity contribution in [3.63, 3.8) is 0 Å². The highest BCUT2D eigenvalue weighted by atomic mass is 16.5. The molecule has 7 nitrogen and oxygen atoms in total. The minimum absolute atomic E-state index is 0.0809. The molecule has 1 aliphatic carbocycles. The van der Waals surface area contributed by atoms with Gasteiger partial charge in [0.05, 0.1) is 26.5 Å². The number of hydrogen-bond acceptors (Lipinski definition) is 6. The van der Waals surface area contributed by atoms with Crippen LogP contribution in [0.25, 0.3) is 5.69 Å². The zero-order valence-corrected chi connectivity index (χ0v) is 17.3. The molecule has 0 bridgehead atoms. The number of fused-ring (bicyclic) bond motifs is 1. The number of para-hydroxylation sites is 2. The number of esters is 2. The summed E-state index contributed by atoms with van der Waals surface area (Å²) in [6.07, 6.45) is 0.197. The first-order valence-electron chi connectivity index (χ1n) is 9.45. The van der Waals surface area contributed by atoms with Gasteiger partial charge in [-0.25, -0.2) is 0 Å². The Labute approximate surface area is 169 Å². The average Bonchev–Trinajstić information content (AvgIpc) is 3.15. The van der Waals surface area contributed by atoms with E-state index in [0.29, 0.717) is 34.9 Å². The third-order valence-electron chi connectivity index (χ3n) is 5.63. The number of carbonyl (C=O) groups is 2. The molecule has 154 valence electrons. The molecular formula is C22H25NO6. The van der Waals surface area contributed by atoms with E-state index in [-0.39, 0.29) is 18.4 Å². The second-order valence-corrected chi connectivity index (χ2v) is 7.13. The maximum Gasteiger partial charge on any atom is 0.323 e. The number of benzene rings is 1. The lowest BCUT2D eigenvalue weighted by Crippen LogP contribution is -2.42. The lowest BCUT2D eigenvalue weighted by atomic mass is 9.84. The van der Waals surface area contributed by atoms with Crippen LogP contribution in [0.1, 0.15) is 29.3 Å². The Bertz CT molecular complexity index is 1020. The first-order valence-corrected chi connectivity index (χ1v) is 9.45. The summed E-state index contributed by atoms with van der Waals surface area (Å²) in [5, 5.41) is 0. The Hall–Kier alpha value is -3.09. The molecule has 2 aromatic rings. The highest BCUT2D eigenvalue weighted by molar-refractivity contribution is 6.01. The Morgan fingerprint density at radius 1 is 1.03 bits per heavy atom. The first kappa shape index (κ1) is 20.6. The van der Waals surface area contributed by atoms with Gasteiger partial charge in [0.15, 0.2) is 5.41 Å². The highest BCUT2D eigenvalue weighted by Crippen LogP contribution is 2.42. The van der Waals surface area contributed by atoms with Gasteiger partial charge in [-0.2, -0.15) is 0 Å². The Balaban J connectivity index is 2.25. The van der Waals surface area contributed by atoms with Gasteiger partial charge in [-0.05, 0) is 44.0 Å². The zero-order chi connectivity index (χ0) is 21.3. The molecule has 3 rings (SSSR count). The lowest BCUT2D eigenvalue weighted by Gasteiger charge is -2.22. The van der Waals surface area contributed by atoms with Crippen LogP contribution in [0.3, 0.4) is 0 Å². The van der Waals surface area contributed by atoms with E-state index in [9.17, 15) is 14.4 Å². The lowest BCUT2D eigenvalue weighted by molar-refractivity contribution is -0.168. The molecule has 0 spiro atoms. The van der Waals surface area contributed by atoms with Gasteiger partial charge in [-0.1, -0.05) is 12.1 Å². The molecule has 29 heavy (non-hydrogen) atoms. The number of aromatic nitrogens is 1. The van der Waals surface area contributed by atoms with Gasteiger partial charge in [-0.15, -0.1) is 0 Å². The van der Waals surface area contributed by atoms with Crippen molar-refractivity contribution in [2.45, 2.75) is 33.6 Å². The van der Waals surface area contributed by atoms with Crippen molar-refractivity contribution < 1.29 is 23.8 Å². The summed E-state index contributed by atoms with van der Waals surface area (Å²) in [6.45, 7) is 5.86. The van der Waals surface area contributed by atoms with Crippen LogP contribution in [-0.4, -0.2) is 37.3 Å². The Morgan fingerprint density at radius 2 is 1.62 bits per heavy atom. The number of ether oxygens (including phenoxy) is 3. The normalized spacial score (nSPS) is 14.2. The maximum atomic E-state index is 13.3. The number of rotatable bonds is 5. The van der Waals surface area contributed by atoms with E-state index in [1.807, 2.05) is 32.0 Å². The summed E-state index contributed by atoms with van der Waals surface area (Å²) < 4.78 is 17.1. The third-order valence-corrected chi connectivity index (χ3v) is 5.63. The van der Waals surface area contributed by atoms with E-state index >= 15 is 0 Å². The van der Waals surface area contributed by atoms with E-state index in [2.05, 4.69) is 0 Å². The second kappa shape index (κ2) is 7.73. The molecule has 1 heterocycles. The quantitative estimate of drug-likeness (QED) is 0.567. The predicted octanol–water partition coefficient (Wildman–Crippen LogP) is 2.28. The van der Waals surface area contributed by atoms with Crippen LogP contribution >= 0.6 is 0 Å². The third kappa shape index (κ3) is 3.10. The van der Waals surface area contributed by atoms with Gasteiger partial charge >= 0.3 is 11.9 Å². The van der Waals surface area contributed by atoms with Crippen molar-refractivity contribution in [3.05, 3.63) is 57.0 Å². The molecule has 0 atom stereocenters. The van der Waals surface area contributed by atoms with E-state index < -0.39 is 17.4 Å². The smallest absolute Gasteiger partial charge is 0.323 e. The van der Waals surface area contributed by atoms with Gasteiger partial charge in [0, 0.05) is 24.1 Å². The molecule has 0 N–H and O–H groups in total. The first-order chi connectivity index (χ1) is 13.8. The van der Waals surface area contributed by atoms with Crippen molar-refractivity contribution in [1.82, 2.24) is 4.57 Å². The molecule has 0 saturated carbocycles. The fourth-order valence-electron chi connectivity index (χ4n) is 4.14. The summed E-state index contributed by atoms with van der Waals surface area (Å²) in [4.78, 5) is 38.4. The van der Waals surface area contributed by atoms with Gasteiger partial charge in [0.2, 0.25) is 0 Å². The molecule has 0 amide bonds. The SMILES string of the molecule is CCOc1ccccc1-n1c(C)c2c(c(C)c1=O)CC(C(=O)OC)(C(=O)OC)C2. The second-order valence-electron chi connectivity index (χ2n) is 7.13. The maximum absolute atomic E-state index is 13.3. The Morgan fingerprint density at radius 3 is 2.21 bits per heavy atom. The predicted molar refractivity (Wildman–Crippen MR) is 107 cm³/mol. The fourth-order valence-corrected chi connectivity index (χ4v) is 4.14. The van der Waals surface area contributed by atoms with Gasteiger partial charge < -0.3 is 14.2 Å². The van der Waals surface area contributed by atoms with Crippen LogP contribution in [0.15, 0.2) is 29.1 Å². The summed E-state index contributed by atoms with van der Waals surface area (Å²) >= 11 is 0. The monoisotopic (exact) mass is 399 g/mol.